The number of benzene rings is 5. The second kappa shape index (κ2) is 12.1. The van der Waals surface area contributed by atoms with Crippen LogP contribution in [0.3, 0.4) is 0 Å². The van der Waals surface area contributed by atoms with Crippen molar-refractivity contribution in [3.05, 3.63) is 126 Å². The Hall–Kier alpha value is -4.24. The van der Waals surface area contributed by atoms with E-state index in [0.29, 0.717) is 23.7 Å². The van der Waals surface area contributed by atoms with Crippen LogP contribution in [0.25, 0.3) is 21.5 Å². The molecule has 0 N–H and O–H groups in total. The predicted molar refractivity (Wildman–Crippen MR) is 160 cm³/mol. The van der Waals surface area contributed by atoms with Crippen LogP contribution in [0.1, 0.15) is 65.3 Å². The molecule has 0 aliphatic heterocycles. The van der Waals surface area contributed by atoms with Gasteiger partial charge in [0.25, 0.3) is 0 Å². The number of Topliss-reactive ketones (excluding diaryl/α,β-unsaturated/α-hetero) is 2. The molecule has 0 saturated carbocycles. The van der Waals surface area contributed by atoms with Gasteiger partial charge in [0.2, 0.25) is 0 Å². The summed E-state index contributed by atoms with van der Waals surface area (Å²) in [6, 6.07) is 35.6. The first-order chi connectivity index (χ1) is 19.0. The van der Waals surface area contributed by atoms with Gasteiger partial charge in [-0.1, -0.05) is 98.8 Å². The van der Waals surface area contributed by atoms with Crippen molar-refractivity contribution in [2.75, 3.05) is 6.61 Å². The van der Waals surface area contributed by atoms with Crippen molar-refractivity contribution < 1.29 is 14.3 Å². The maximum atomic E-state index is 13.5. The number of hydrogen-bond acceptors (Lipinski definition) is 3. The van der Waals surface area contributed by atoms with Crippen LogP contribution in [0, 0.1) is 5.92 Å². The molecule has 0 spiro atoms. The molecule has 3 nitrogen and oxygen atoms in total. The van der Waals surface area contributed by atoms with Crippen LogP contribution in [0.2, 0.25) is 0 Å². The van der Waals surface area contributed by atoms with Crippen molar-refractivity contribution in [3.8, 4) is 5.75 Å². The molecule has 0 aromatic heterocycles. The Balaban J connectivity index is 1.39. The van der Waals surface area contributed by atoms with Crippen molar-refractivity contribution in [3.63, 3.8) is 0 Å². The van der Waals surface area contributed by atoms with Crippen LogP contribution >= 0.6 is 0 Å². The highest BCUT2D eigenvalue weighted by atomic mass is 16.5. The van der Waals surface area contributed by atoms with Gasteiger partial charge in [-0.25, -0.2) is 0 Å². The minimum atomic E-state index is -0.243. The van der Waals surface area contributed by atoms with Gasteiger partial charge in [-0.2, -0.15) is 0 Å². The summed E-state index contributed by atoms with van der Waals surface area (Å²) in [6.07, 6.45) is 1.50. The van der Waals surface area contributed by atoms with Gasteiger partial charge in [-0.05, 0) is 69.6 Å². The highest BCUT2D eigenvalue weighted by Gasteiger charge is 2.22. The smallest absolute Gasteiger partial charge is 0.163 e. The monoisotopic (exact) mass is 514 g/mol. The number of carbonyl (C=O) groups excluding carboxylic acids is 2. The van der Waals surface area contributed by atoms with Gasteiger partial charge in [-0.3, -0.25) is 9.59 Å². The van der Waals surface area contributed by atoms with E-state index < -0.39 is 0 Å². The minimum Gasteiger partial charge on any atom is -0.494 e. The number of hydrogen-bond donors (Lipinski definition) is 0. The van der Waals surface area contributed by atoms with Gasteiger partial charge >= 0.3 is 0 Å². The van der Waals surface area contributed by atoms with Crippen molar-refractivity contribution in [1.29, 1.82) is 0 Å². The van der Waals surface area contributed by atoms with Crippen molar-refractivity contribution >= 4 is 33.1 Å². The molecular formula is C36H34O3. The van der Waals surface area contributed by atoms with Gasteiger partial charge in [-0.15, -0.1) is 0 Å². The van der Waals surface area contributed by atoms with Crippen LogP contribution in [0.15, 0.2) is 109 Å². The summed E-state index contributed by atoms with van der Waals surface area (Å²) in [5.74, 6) is 1.21. The predicted octanol–water partition coefficient (Wildman–Crippen LogP) is 9.05. The maximum absolute atomic E-state index is 13.5. The second-order valence-corrected chi connectivity index (χ2v) is 10.7. The molecule has 0 radical (unpaired) electrons. The quantitative estimate of drug-likeness (QED) is 0.165. The van der Waals surface area contributed by atoms with E-state index >= 15 is 0 Å². The van der Waals surface area contributed by atoms with Crippen molar-refractivity contribution in [1.82, 2.24) is 0 Å². The summed E-state index contributed by atoms with van der Waals surface area (Å²) in [5.41, 5.74) is 2.31. The molecule has 3 heteroatoms. The van der Waals surface area contributed by atoms with E-state index in [4.69, 9.17) is 4.74 Å². The molecule has 0 saturated heterocycles. The van der Waals surface area contributed by atoms with Crippen LogP contribution in [-0.4, -0.2) is 18.2 Å². The topological polar surface area (TPSA) is 43.4 Å². The van der Waals surface area contributed by atoms with Crippen molar-refractivity contribution in [2.24, 2.45) is 5.92 Å². The van der Waals surface area contributed by atoms with Gasteiger partial charge in [0.15, 0.2) is 11.6 Å². The fourth-order valence-corrected chi connectivity index (χ4v) is 4.97. The molecule has 0 aliphatic rings. The Labute approximate surface area is 230 Å². The third kappa shape index (κ3) is 6.61. The highest BCUT2D eigenvalue weighted by molar-refractivity contribution is 6.02. The average Bonchev–Trinajstić information content (AvgIpc) is 2.96. The molecule has 196 valence electrons. The fourth-order valence-electron chi connectivity index (χ4n) is 4.97. The van der Waals surface area contributed by atoms with Gasteiger partial charge < -0.3 is 4.74 Å². The zero-order valence-electron chi connectivity index (χ0n) is 22.6. The van der Waals surface area contributed by atoms with E-state index in [0.717, 1.165) is 39.3 Å². The molecule has 5 aromatic rings. The molecule has 39 heavy (non-hydrogen) atoms. The van der Waals surface area contributed by atoms with Crippen LogP contribution in [0.5, 0.6) is 5.75 Å². The normalized spacial score (nSPS) is 11.4. The van der Waals surface area contributed by atoms with Gasteiger partial charge in [0.05, 0.1) is 6.61 Å². The highest BCUT2D eigenvalue weighted by Crippen LogP contribution is 2.30. The number of ether oxygens (including phenoxy) is 1. The first-order valence-electron chi connectivity index (χ1n) is 13.7. The standard InChI is InChI=1S/C36H34O3/c1-25(2)19-20-39-34-17-15-28(16-18-34)33(23-35(37)31-13-11-26-7-3-5-9-29(26)21-31)24-36(38)32-14-12-27-8-4-6-10-30(27)22-32/h3-18,21-22,25,33H,19-20,23-24H2,1-2H3. The average molecular weight is 515 g/mol. The number of carbonyl (C=O) groups is 2. The van der Waals surface area contributed by atoms with E-state index in [2.05, 4.69) is 13.8 Å². The molecule has 5 aromatic carbocycles. The summed E-state index contributed by atoms with van der Waals surface area (Å²) in [4.78, 5) is 27.0. The minimum absolute atomic E-state index is 0.0364. The Bertz CT molecular complexity index is 1500. The molecule has 5 rings (SSSR count). The molecule has 0 heterocycles. The van der Waals surface area contributed by atoms with Crippen molar-refractivity contribution in [2.45, 2.75) is 39.0 Å². The first kappa shape index (κ1) is 26.4. The van der Waals surface area contributed by atoms with E-state index in [9.17, 15) is 9.59 Å². The zero-order valence-corrected chi connectivity index (χ0v) is 22.6. The van der Waals surface area contributed by atoms with E-state index in [1.165, 1.54) is 0 Å². The Kier molecular flexibility index (Phi) is 8.17. The molecule has 0 bridgehead atoms. The van der Waals surface area contributed by atoms with E-state index in [1.807, 2.05) is 109 Å². The third-order valence-electron chi connectivity index (χ3n) is 7.32. The SMILES string of the molecule is CC(C)CCOc1ccc(C(CC(=O)c2ccc3ccccc3c2)CC(=O)c2ccc3ccccc3c2)cc1. The number of ketones is 2. The molecule has 0 amide bonds. The lowest BCUT2D eigenvalue weighted by Gasteiger charge is -2.18. The molecule has 0 aliphatic carbocycles. The number of fused-ring (bicyclic) bond motifs is 2. The summed E-state index contributed by atoms with van der Waals surface area (Å²) in [6.45, 7) is 5.02. The van der Waals surface area contributed by atoms with Crippen LogP contribution in [0.4, 0.5) is 0 Å². The van der Waals surface area contributed by atoms with E-state index in [-0.39, 0.29) is 30.3 Å². The molecular weight excluding hydrogens is 480 g/mol. The Morgan fingerprint density at radius 2 is 1.10 bits per heavy atom. The Morgan fingerprint density at radius 1 is 0.615 bits per heavy atom. The first-order valence-corrected chi connectivity index (χ1v) is 13.7. The molecule has 0 unspecified atom stereocenters. The lowest BCUT2D eigenvalue weighted by Crippen LogP contribution is -2.13. The summed E-state index contributed by atoms with van der Waals surface area (Å²) >= 11 is 0. The summed E-state index contributed by atoms with van der Waals surface area (Å²) < 4.78 is 5.90. The fraction of sp³-hybridized carbons (Fsp3) is 0.222. The summed E-state index contributed by atoms with van der Waals surface area (Å²) in [5, 5.41) is 4.28. The summed E-state index contributed by atoms with van der Waals surface area (Å²) in [7, 11) is 0. The maximum Gasteiger partial charge on any atom is 0.163 e. The largest absolute Gasteiger partial charge is 0.494 e. The number of rotatable bonds is 11. The second-order valence-electron chi connectivity index (χ2n) is 10.7. The molecule has 0 fully saturated rings. The van der Waals surface area contributed by atoms with Crippen LogP contribution < -0.4 is 4.74 Å². The van der Waals surface area contributed by atoms with Gasteiger partial charge in [0, 0.05) is 24.0 Å². The van der Waals surface area contributed by atoms with Crippen LogP contribution in [-0.2, 0) is 0 Å². The third-order valence-corrected chi connectivity index (χ3v) is 7.32. The van der Waals surface area contributed by atoms with E-state index in [1.54, 1.807) is 0 Å². The lowest BCUT2D eigenvalue weighted by molar-refractivity contribution is 0.0944. The molecule has 0 atom stereocenters. The Morgan fingerprint density at radius 3 is 1.59 bits per heavy atom. The lowest BCUT2D eigenvalue weighted by atomic mass is 9.86. The zero-order chi connectivity index (χ0) is 27.2. The van der Waals surface area contributed by atoms with Gasteiger partial charge in [0.1, 0.15) is 5.75 Å².